The highest BCUT2D eigenvalue weighted by Crippen LogP contribution is 2.25. The molecule has 5 nitrogen and oxygen atoms in total. The summed E-state index contributed by atoms with van der Waals surface area (Å²) in [6.45, 7) is 4.56. The van der Waals surface area contributed by atoms with Gasteiger partial charge in [0, 0.05) is 5.69 Å². The molecule has 0 heterocycles. The van der Waals surface area contributed by atoms with Crippen molar-refractivity contribution in [2.45, 2.75) is 19.8 Å². The Morgan fingerprint density at radius 3 is 2.17 bits per heavy atom. The maximum absolute atomic E-state index is 11.6. The molecule has 0 atom stereocenters. The zero-order valence-electron chi connectivity index (χ0n) is 13.9. The molecule has 126 valence electrons. The largest absolute Gasteiger partial charge is 0.457 e. The Balaban J connectivity index is 1.89. The molecule has 0 aliphatic carbocycles. The number of hydrogen-bond donors (Lipinski definition) is 2. The van der Waals surface area contributed by atoms with Gasteiger partial charge >= 0.3 is 0 Å². The van der Waals surface area contributed by atoms with Gasteiger partial charge in [0.2, 0.25) is 5.91 Å². The van der Waals surface area contributed by atoms with Crippen LogP contribution in [0.1, 0.15) is 25.3 Å². The van der Waals surface area contributed by atoms with Crippen molar-refractivity contribution in [2.75, 3.05) is 18.4 Å². The molecule has 2 rings (SSSR count). The number of nitrogens with one attached hydrogen (secondary N) is 2. The molecule has 2 aromatic carbocycles. The Hall–Kier alpha value is -2.66. The van der Waals surface area contributed by atoms with E-state index in [0.29, 0.717) is 23.6 Å². The first-order valence-corrected chi connectivity index (χ1v) is 7.90. The van der Waals surface area contributed by atoms with E-state index >= 15 is 0 Å². The SMILES string of the molecule is CC(C)c1ccc(Oc2ccc(NC(=O)CNCC=O)cc2)cc1. The van der Waals surface area contributed by atoms with Crippen molar-refractivity contribution in [1.29, 1.82) is 0 Å². The van der Waals surface area contributed by atoms with Crippen molar-refractivity contribution in [3.63, 3.8) is 0 Å². The maximum atomic E-state index is 11.6. The zero-order valence-corrected chi connectivity index (χ0v) is 13.9. The topological polar surface area (TPSA) is 67.4 Å². The first-order valence-electron chi connectivity index (χ1n) is 7.90. The second-order valence-electron chi connectivity index (χ2n) is 5.70. The average Bonchev–Trinajstić information content (AvgIpc) is 2.57. The van der Waals surface area contributed by atoms with E-state index in [1.165, 1.54) is 5.56 Å². The van der Waals surface area contributed by atoms with E-state index in [-0.39, 0.29) is 19.0 Å². The summed E-state index contributed by atoms with van der Waals surface area (Å²) in [5.74, 6) is 1.76. The molecule has 2 aromatic rings. The van der Waals surface area contributed by atoms with Crippen molar-refractivity contribution < 1.29 is 14.3 Å². The molecule has 0 bridgehead atoms. The van der Waals surface area contributed by atoms with Gasteiger partial charge in [0.1, 0.15) is 17.8 Å². The lowest BCUT2D eigenvalue weighted by Gasteiger charge is -2.10. The quantitative estimate of drug-likeness (QED) is 0.577. The molecule has 0 fully saturated rings. The van der Waals surface area contributed by atoms with Crippen LogP contribution in [0.15, 0.2) is 48.5 Å². The molecule has 0 saturated heterocycles. The zero-order chi connectivity index (χ0) is 17.4. The van der Waals surface area contributed by atoms with Gasteiger partial charge in [-0.1, -0.05) is 26.0 Å². The van der Waals surface area contributed by atoms with Crippen molar-refractivity contribution in [3.8, 4) is 11.5 Å². The molecule has 0 spiro atoms. The molecular weight excluding hydrogens is 304 g/mol. The summed E-state index contributed by atoms with van der Waals surface area (Å²) in [5, 5.41) is 5.45. The Labute approximate surface area is 142 Å². The molecule has 0 unspecified atom stereocenters. The van der Waals surface area contributed by atoms with E-state index in [4.69, 9.17) is 4.74 Å². The molecule has 0 aliphatic rings. The minimum atomic E-state index is -0.199. The van der Waals surface area contributed by atoms with E-state index in [2.05, 4.69) is 36.6 Å². The number of ether oxygens (including phenoxy) is 1. The highest BCUT2D eigenvalue weighted by Gasteiger charge is 2.03. The van der Waals surface area contributed by atoms with Gasteiger partial charge in [-0.25, -0.2) is 0 Å². The maximum Gasteiger partial charge on any atom is 0.238 e. The minimum Gasteiger partial charge on any atom is -0.457 e. The summed E-state index contributed by atoms with van der Waals surface area (Å²) in [5.41, 5.74) is 1.94. The molecule has 0 radical (unpaired) electrons. The van der Waals surface area contributed by atoms with E-state index in [9.17, 15) is 9.59 Å². The minimum absolute atomic E-state index is 0.0964. The fourth-order valence-corrected chi connectivity index (χ4v) is 2.11. The van der Waals surface area contributed by atoms with Gasteiger partial charge in [-0.2, -0.15) is 0 Å². The number of rotatable bonds is 8. The third-order valence-corrected chi connectivity index (χ3v) is 3.43. The summed E-state index contributed by atoms with van der Waals surface area (Å²) in [7, 11) is 0. The number of carbonyl (C=O) groups is 2. The lowest BCUT2D eigenvalue weighted by Crippen LogP contribution is -2.29. The van der Waals surface area contributed by atoms with Crippen LogP contribution < -0.4 is 15.4 Å². The predicted octanol–water partition coefficient (Wildman–Crippen LogP) is 3.33. The number of hydrogen-bond acceptors (Lipinski definition) is 4. The molecule has 2 N–H and O–H groups in total. The summed E-state index contributed by atoms with van der Waals surface area (Å²) >= 11 is 0. The van der Waals surface area contributed by atoms with E-state index in [0.717, 1.165) is 5.75 Å². The Bertz CT molecular complexity index is 664. The van der Waals surface area contributed by atoms with Gasteiger partial charge in [-0.3, -0.25) is 4.79 Å². The average molecular weight is 326 g/mol. The summed E-state index contributed by atoms with van der Waals surface area (Å²) in [6, 6.07) is 15.1. The molecule has 0 aromatic heterocycles. The highest BCUT2D eigenvalue weighted by molar-refractivity contribution is 5.92. The van der Waals surface area contributed by atoms with Crippen molar-refractivity contribution >= 4 is 17.9 Å². The fraction of sp³-hybridized carbons (Fsp3) is 0.263. The monoisotopic (exact) mass is 326 g/mol. The molecule has 0 aliphatic heterocycles. The van der Waals surface area contributed by atoms with E-state index in [1.54, 1.807) is 24.3 Å². The fourth-order valence-electron chi connectivity index (χ4n) is 2.11. The predicted molar refractivity (Wildman–Crippen MR) is 94.6 cm³/mol. The van der Waals surface area contributed by atoms with Crippen LogP contribution >= 0.6 is 0 Å². The Morgan fingerprint density at radius 1 is 1.04 bits per heavy atom. The van der Waals surface area contributed by atoms with Gasteiger partial charge in [0.15, 0.2) is 0 Å². The van der Waals surface area contributed by atoms with Gasteiger partial charge < -0.3 is 20.2 Å². The first-order chi connectivity index (χ1) is 11.6. The second-order valence-corrected chi connectivity index (χ2v) is 5.70. The van der Waals surface area contributed by atoms with E-state index in [1.807, 2.05) is 12.1 Å². The van der Waals surface area contributed by atoms with E-state index < -0.39 is 0 Å². The third kappa shape index (κ3) is 5.52. The van der Waals surface area contributed by atoms with Crippen LogP contribution in [-0.2, 0) is 9.59 Å². The van der Waals surface area contributed by atoms with Crippen LogP contribution in [0.3, 0.4) is 0 Å². The standard InChI is InChI=1S/C19H22N2O3/c1-14(2)15-3-7-17(8-4-15)24-18-9-5-16(6-10-18)21-19(23)13-20-11-12-22/h3-10,12,14,20H,11,13H2,1-2H3,(H,21,23). The molecule has 5 heteroatoms. The number of benzene rings is 2. The Kier molecular flexibility index (Phi) is 6.51. The lowest BCUT2D eigenvalue weighted by atomic mass is 10.0. The third-order valence-electron chi connectivity index (χ3n) is 3.43. The van der Waals surface area contributed by atoms with Crippen LogP contribution in [0.25, 0.3) is 0 Å². The smallest absolute Gasteiger partial charge is 0.238 e. The van der Waals surface area contributed by atoms with Gasteiger partial charge in [-0.15, -0.1) is 0 Å². The Morgan fingerprint density at radius 2 is 1.62 bits per heavy atom. The highest BCUT2D eigenvalue weighted by atomic mass is 16.5. The van der Waals surface area contributed by atoms with Crippen LogP contribution in [0.2, 0.25) is 0 Å². The molecule has 0 saturated carbocycles. The summed E-state index contributed by atoms with van der Waals surface area (Å²) in [4.78, 5) is 21.8. The van der Waals surface area contributed by atoms with Crippen LogP contribution in [0.5, 0.6) is 11.5 Å². The summed E-state index contributed by atoms with van der Waals surface area (Å²) in [6.07, 6.45) is 0.715. The van der Waals surface area contributed by atoms with Gasteiger partial charge in [-0.05, 0) is 47.9 Å². The summed E-state index contributed by atoms with van der Waals surface area (Å²) < 4.78 is 5.79. The van der Waals surface area contributed by atoms with Crippen molar-refractivity contribution in [2.24, 2.45) is 0 Å². The van der Waals surface area contributed by atoms with Crippen LogP contribution in [-0.4, -0.2) is 25.3 Å². The van der Waals surface area contributed by atoms with Crippen molar-refractivity contribution in [1.82, 2.24) is 5.32 Å². The molecule has 24 heavy (non-hydrogen) atoms. The van der Waals surface area contributed by atoms with Crippen LogP contribution in [0.4, 0.5) is 5.69 Å². The first kappa shape index (κ1) is 17.7. The number of carbonyl (C=O) groups excluding carboxylic acids is 2. The van der Waals surface area contributed by atoms with Crippen LogP contribution in [0, 0.1) is 0 Å². The lowest BCUT2D eigenvalue weighted by molar-refractivity contribution is -0.115. The molecular formula is C19H22N2O3. The number of amides is 1. The van der Waals surface area contributed by atoms with Gasteiger partial charge in [0.05, 0.1) is 13.1 Å². The second kappa shape index (κ2) is 8.84. The van der Waals surface area contributed by atoms with Crippen molar-refractivity contribution in [3.05, 3.63) is 54.1 Å². The van der Waals surface area contributed by atoms with Gasteiger partial charge in [0.25, 0.3) is 0 Å². The normalized spacial score (nSPS) is 10.5. The number of aldehydes is 1. The molecule has 1 amide bonds. The number of anilines is 1.